The van der Waals surface area contributed by atoms with Crippen LogP contribution in [-0.2, 0) is 11.2 Å². The van der Waals surface area contributed by atoms with Crippen molar-refractivity contribution in [3.8, 4) is 0 Å². The van der Waals surface area contributed by atoms with E-state index in [0.29, 0.717) is 23.1 Å². The molecule has 0 radical (unpaired) electrons. The fourth-order valence-electron chi connectivity index (χ4n) is 3.13. The van der Waals surface area contributed by atoms with Crippen molar-refractivity contribution in [2.45, 2.75) is 32.2 Å². The zero-order valence-electron chi connectivity index (χ0n) is 14.4. The highest BCUT2D eigenvalue weighted by molar-refractivity contribution is 7.20. The van der Waals surface area contributed by atoms with E-state index in [-0.39, 0.29) is 17.5 Å². The van der Waals surface area contributed by atoms with E-state index in [2.05, 4.69) is 15.4 Å². The first-order valence-corrected chi connectivity index (χ1v) is 9.50. The van der Waals surface area contributed by atoms with Gasteiger partial charge in [-0.2, -0.15) is 4.52 Å². The van der Waals surface area contributed by atoms with E-state index in [9.17, 15) is 9.59 Å². The molecule has 1 N–H and O–H groups in total. The monoisotopic (exact) mass is 369 g/mol. The van der Waals surface area contributed by atoms with Crippen LogP contribution in [0.1, 0.15) is 25.5 Å². The molecule has 4 rings (SSSR count). The van der Waals surface area contributed by atoms with Gasteiger partial charge < -0.3 is 10.2 Å². The summed E-state index contributed by atoms with van der Waals surface area (Å²) in [5, 5.41) is 8.00. The number of anilines is 2. The third-order valence-corrected chi connectivity index (χ3v) is 5.21. The van der Waals surface area contributed by atoms with Crippen LogP contribution in [-0.4, -0.2) is 33.1 Å². The fraction of sp³-hybridized carbons (Fsp3) is 0.333. The Labute approximate surface area is 154 Å². The van der Waals surface area contributed by atoms with Crippen molar-refractivity contribution in [3.05, 3.63) is 52.4 Å². The molecule has 8 heteroatoms. The molecule has 1 unspecified atom stereocenters. The standard InChI is InChI=1S/C18H19N5O2S/c1-2-6-12-11-15(24)23-18(19-12)26-17(21-23)20-14-9-10-22(16(14)25)13-7-4-3-5-8-13/h3-5,7-8,11,14H,2,6,9-10H2,1H3,(H,20,21). The number of hydrogen-bond donors (Lipinski definition) is 1. The third-order valence-electron chi connectivity index (χ3n) is 4.38. The van der Waals surface area contributed by atoms with E-state index in [0.717, 1.165) is 24.2 Å². The molecule has 1 fully saturated rings. The Balaban J connectivity index is 1.55. The SMILES string of the molecule is CCCc1cc(=O)n2nc(NC3CCN(c4ccccc4)C3=O)sc2n1. The molecular formula is C18H19N5O2S. The van der Waals surface area contributed by atoms with Crippen molar-refractivity contribution in [1.29, 1.82) is 0 Å². The number of hydrogen-bond acceptors (Lipinski definition) is 6. The first-order valence-electron chi connectivity index (χ1n) is 8.68. The summed E-state index contributed by atoms with van der Waals surface area (Å²) >= 11 is 1.30. The molecule has 1 atom stereocenters. The molecule has 1 aromatic carbocycles. The Bertz CT molecular complexity index is 998. The fourth-order valence-corrected chi connectivity index (χ4v) is 4.00. The summed E-state index contributed by atoms with van der Waals surface area (Å²) in [6.07, 6.45) is 2.38. The molecule has 1 amide bonds. The first-order chi connectivity index (χ1) is 12.7. The van der Waals surface area contributed by atoms with Gasteiger partial charge in [-0.15, -0.1) is 5.10 Å². The van der Waals surface area contributed by atoms with Crippen molar-refractivity contribution in [3.63, 3.8) is 0 Å². The number of aromatic nitrogens is 3. The predicted molar refractivity (Wildman–Crippen MR) is 102 cm³/mol. The van der Waals surface area contributed by atoms with E-state index < -0.39 is 0 Å². The largest absolute Gasteiger partial charge is 0.348 e. The van der Waals surface area contributed by atoms with Crippen LogP contribution in [0.15, 0.2) is 41.2 Å². The van der Waals surface area contributed by atoms with Gasteiger partial charge in [-0.1, -0.05) is 42.9 Å². The second-order valence-corrected chi connectivity index (χ2v) is 7.20. The van der Waals surface area contributed by atoms with Gasteiger partial charge in [0.15, 0.2) is 0 Å². The van der Waals surface area contributed by atoms with Gasteiger partial charge in [-0.25, -0.2) is 4.98 Å². The Morgan fingerprint density at radius 1 is 1.27 bits per heavy atom. The zero-order chi connectivity index (χ0) is 18.1. The molecule has 134 valence electrons. The lowest BCUT2D eigenvalue weighted by Crippen LogP contribution is -2.33. The molecule has 7 nitrogen and oxygen atoms in total. The number of nitrogens with one attached hydrogen (secondary N) is 1. The molecule has 2 aromatic heterocycles. The van der Waals surface area contributed by atoms with Gasteiger partial charge in [0.05, 0.1) is 0 Å². The maximum Gasteiger partial charge on any atom is 0.275 e. The highest BCUT2D eigenvalue weighted by Gasteiger charge is 2.33. The number of amides is 1. The summed E-state index contributed by atoms with van der Waals surface area (Å²) in [4.78, 5) is 31.7. The normalized spacial score (nSPS) is 17.2. The Hall–Kier alpha value is -2.74. The number of fused-ring (bicyclic) bond motifs is 1. The second-order valence-electron chi connectivity index (χ2n) is 6.25. The minimum absolute atomic E-state index is 0.0161. The first kappa shape index (κ1) is 16.7. The van der Waals surface area contributed by atoms with Crippen molar-refractivity contribution < 1.29 is 4.79 Å². The topological polar surface area (TPSA) is 79.6 Å². The second kappa shape index (κ2) is 6.87. The highest BCUT2D eigenvalue weighted by Crippen LogP contribution is 2.25. The van der Waals surface area contributed by atoms with Crippen LogP contribution in [0, 0.1) is 0 Å². The van der Waals surface area contributed by atoms with Crippen LogP contribution in [0.25, 0.3) is 4.96 Å². The Kier molecular flexibility index (Phi) is 4.42. The van der Waals surface area contributed by atoms with Gasteiger partial charge in [0.1, 0.15) is 6.04 Å². The Morgan fingerprint density at radius 2 is 2.08 bits per heavy atom. The van der Waals surface area contributed by atoms with E-state index in [1.54, 1.807) is 4.90 Å². The maximum absolute atomic E-state index is 12.7. The van der Waals surface area contributed by atoms with Crippen LogP contribution >= 0.6 is 11.3 Å². The van der Waals surface area contributed by atoms with Crippen LogP contribution < -0.4 is 15.8 Å². The molecule has 3 heterocycles. The number of nitrogens with zero attached hydrogens (tertiary/aromatic N) is 4. The van der Waals surface area contributed by atoms with Crippen molar-refractivity contribution in [1.82, 2.24) is 14.6 Å². The van der Waals surface area contributed by atoms with Crippen LogP contribution in [0.4, 0.5) is 10.8 Å². The molecule has 0 spiro atoms. The molecule has 0 aliphatic carbocycles. The van der Waals surface area contributed by atoms with Crippen molar-refractivity contribution >= 4 is 33.0 Å². The number of carbonyl (C=O) groups excluding carboxylic acids is 1. The summed E-state index contributed by atoms with van der Waals surface area (Å²) in [5.74, 6) is 0.0161. The van der Waals surface area contributed by atoms with Crippen LogP contribution in [0.2, 0.25) is 0 Å². The molecule has 26 heavy (non-hydrogen) atoms. The minimum Gasteiger partial charge on any atom is -0.348 e. The average molecular weight is 369 g/mol. The van der Waals surface area contributed by atoms with Gasteiger partial charge in [-0.05, 0) is 25.0 Å². The van der Waals surface area contributed by atoms with Crippen LogP contribution in [0.3, 0.4) is 0 Å². The molecule has 1 saturated heterocycles. The maximum atomic E-state index is 12.7. The summed E-state index contributed by atoms with van der Waals surface area (Å²) in [6, 6.07) is 10.8. The molecule has 0 saturated carbocycles. The quantitative estimate of drug-likeness (QED) is 0.747. The molecule has 3 aromatic rings. The summed E-state index contributed by atoms with van der Waals surface area (Å²) < 4.78 is 1.29. The molecule has 0 bridgehead atoms. The van der Waals surface area contributed by atoms with Gasteiger partial charge in [-0.3, -0.25) is 9.59 Å². The van der Waals surface area contributed by atoms with Gasteiger partial charge in [0.2, 0.25) is 16.0 Å². The lowest BCUT2D eigenvalue weighted by atomic mass is 10.2. The van der Waals surface area contributed by atoms with Gasteiger partial charge in [0.25, 0.3) is 5.56 Å². The van der Waals surface area contributed by atoms with Crippen LogP contribution in [0.5, 0.6) is 0 Å². The van der Waals surface area contributed by atoms with E-state index >= 15 is 0 Å². The number of para-hydroxylation sites is 1. The van der Waals surface area contributed by atoms with Crippen molar-refractivity contribution in [2.75, 3.05) is 16.8 Å². The molecular weight excluding hydrogens is 350 g/mol. The highest BCUT2D eigenvalue weighted by atomic mass is 32.1. The van der Waals surface area contributed by atoms with E-state index in [1.165, 1.54) is 21.9 Å². The predicted octanol–water partition coefficient (Wildman–Crippen LogP) is 2.32. The lowest BCUT2D eigenvalue weighted by molar-refractivity contribution is -0.117. The van der Waals surface area contributed by atoms with Gasteiger partial charge >= 0.3 is 0 Å². The summed E-state index contributed by atoms with van der Waals surface area (Å²) in [5.41, 5.74) is 1.49. The average Bonchev–Trinajstić information content (AvgIpc) is 3.20. The summed E-state index contributed by atoms with van der Waals surface area (Å²) in [7, 11) is 0. The number of aryl methyl sites for hydroxylation is 1. The van der Waals surface area contributed by atoms with E-state index in [4.69, 9.17) is 0 Å². The van der Waals surface area contributed by atoms with Gasteiger partial charge in [0, 0.05) is 24.0 Å². The number of benzene rings is 1. The van der Waals surface area contributed by atoms with E-state index in [1.807, 2.05) is 37.3 Å². The molecule has 1 aliphatic rings. The smallest absolute Gasteiger partial charge is 0.275 e. The van der Waals surface area contributed by atoms with Crippen molar-refractivity contribution in [2.24, 2.45) is 0 Å². The minimum atomic E-state index is -0.346. The molecule has 1 aliphatic heterocycles. The Morgan fingerprint density at radius 3 is 2.85 bits per heavy atom. The summed E-state index contributed by atoms with van der Waals surface area (Å²) in [6.45, 7) is 2.71. The number of carbonyl (C=O) groups is 1. The number of rotatable bonds is 5. The lowest BCUT2D eigenvalue weighted by Gasteiger charge is -2.16. The third kappa shape index (κ3) is 3.08. The zero-order valence-corrected chi connectivity index (χ0v) is 15.2.